The van der Waals surface area contributed by atoms with Crippen LogP contribution in [0.1, 0.15) is 83.8 Å². The van der Waals surface area contributed by atoms with Crippen LogP contribution in [-0.4, -0.2) is 37.2 Å². The number of benzene rings is 2. The third-order valence-corrected chi connectivity index (χ3v) is 6.90. The third-order valence-electron chi connectivity index (χ3n) is 6.90. The van der Waals surface area contributed by atoms with Crippen molar-refractivity contribution < 1.29 is 9.53 Å². The zero-order chi connectivity index (χ0) is 25.8. The molecule has 2 aromatic heterocycles. The minimum Gasteiger partial charge on any atom is -0.495 e. The van der Waals surface area contributed by atoms with Gasteiger partial charge in [0.25, 0.3) is 0 Å². The van der Waals surface area contributed by atoms with Crippen molar-refractivity contribution in [3.63, 3.8) is 0 Å². The molecule has 0 fully saturated rings. The highest BCUT2D eigenvalue weighted by molar-refractivity contribution is 5.96. The van der Waals surface area contributed by atoms with Gasteiger partial charge in [-0.3, -0.25) is 4.79 Å². The number of ketones is 1. The molecular weight excluding hydrogens is 462 g/mol. The van der Waals surface area contributed by atoms with Gasteiger partial charge in [-0.15, -0.1) is 0 Å². The molecule has 0 unspecified atom stereocenters. The van der Waals surface area contributed by atoms with E-state index in [1.807, 2.05) is 64.9 Å². The topological polar surface area (TPSA) is 74.8 Å². The second-order valence-electron chi connectivity index (χ2n) is 9.58. The summed E-state index contributed by atoms with van der Waals surface area (Å²) in [6.45, 7) is 4.94. The molecular formula is C30H33N5O2. The smallest absolute Gasteiger partial charge is 0.174 e. The van der Waals surface area contributed by atoms with Crippen LogP contribution in [0, 0.1) is 6.92 Å². The maximum absolute atomic E-state index is 12.4. The second kappa shape index (κ2) is 10.9. The fourth-order valence-corrected chi connectivity index (χ4v) is 4.87. The number of carbonyl (C=O) groups excluding carboxylic acids is 1. The summed E-state index contributed by atoms with van der Waals surface area (Å²) < 4.78 is 9.62. The highest BCUT2D eigenvalue weighted by atomic mass is 16.5. The normalized spacial score (nSPS) is 15.2. The average Bonchev–Trinajstić information content (AvgIpc) is 3.56. The Bertz CT molecular complexity index is 1410. The standard InChI is InChI=1S/C30H33N5O2/c1-4-5-8-27(36)24-13-11-23(12-14-24)25-7-6-17-35-30(25)32-29(33-35)16-10-22-9-15-26(28(18-22)37-3)34-19-21(2)31-20-34/h9-16,18-20,25H,4-8,17H2,1-3H3/b16-10+/t25-/m0/s1. The number of carbonyl (C=O) groups is 1. The van der Waals surface area contributed by atoms with E-state index in [-0.39, 0.29) is 11.7 Å². The van der Waals surface area contributed by atoms with Crippen LogP contribution in [0.25, 0.3) is 17.8 Å². The van der Waals surface area contributed by atoms with Crippen LogP contribution < -0.4 is 4.74 Å². The monoisotopic (exact) mass is 495 g/mol. The molecule has 37 heavy (non-hydrogen) atoms. The van der Waals surface area contributed by atoms with Crippen molar-refractivity contribution in [2.45, 2.75) is 58.4 Å². The van der Waals surface area contributed by atoms with Crippen molar-refractivity contribution in [3.05, 3.63) is 89.0 Å². The van der Waals surface area contributed by atoms with Crippen LogP contribution in [0.4, 0.5) is 0 Å². The molecule has 5 rings (SSSR count). The molecule has 7 nitrogen and oxygen atoms in total. The van der Waals surface area contributed by atoms with Crippen molar-refractivity contribution in [2.24, 2.45) is 0 Å². The van der Waals surface area contributed by atoms with Gasteiger partial charge in [0.15, 0.2) is 11.6 Å². The Morgan fingerprint density at radius 3 is 2.73 bits per heavy atom. The van der Waals surface area contributed by atoms with Crippen molar-refractivity contribution in [1.82, 2.24) is 24.3 Å². The maximum Gasteiger partial charge on any atom is 0.174 e. The number of imidazole rings is 1. The van der Waals surface area contributed by atoms with Gasteiger partial charge in [0.2, 0.25) is 0 Å². The number of ether oxygens (including phenoxy) is 1. The fourth-order valence-electron chi connectivity index (χ4n) is 4.87. The lowest BCUT2D eigenvalue weighted by Gasteiger charge is -2.22. The highest BCUT2D eigenvalue weighted by Crippen LogP contribution is 2.33. The Morgan fingerprint density at radius 2 is 2.00 bits per heavy atom. The molecule has 0 spiro atoms. The van der Waals surface area contributed by atoms with Crippen molar-refractivity contribution in [1.29, 1.82) is 0 Å². The van der Waals surface area contributed by atoms with E-state index >= 15 is 0 Å². The third kappa shape index (κ3) is 5.40. The first-order valence-electron chi connectivity index (χ1n) is 13.0. The number of nitrogens with zero attached hydrogens (tertiary/aromatic N) is 5. The van der Waals surface area contributed by atoms with Gasteiger partial charge in [-0.2, -0.15) is 5.10 Å². The van der Waals surface area contributed by atoms with Crippen LogP contribution in [0.15, 0.2) is 55.0 Å². The number of fused-ring (bicyclic) bond motifs is 1. The molecule has 1 aliphatic rings. The molecule has 0 N–H and O–H groups in total. The number of methoxy groups -OCH3 is 1. The van der Waals surface area contributed by atoms with Crippen molar-refractivity contribution in [3.8, 4) is 11.4 Å². The first-order valence-corrected chi connectivity index (χ1v) is 13.0. The molecule has 0 saturated heterocycles. The Hall–Kier alpha value is -4.00. The summed E-state index contributed by atoms with van der Waals surface area (Å²) >= 11 is 0. The lowest BCUT2D eigenvalue weighted by Crippen LogP contribution is -2.18. The van der Waals surface area contributed by atoms with Gasteiger partial charge < -0.3 is 9.30 Å². The molecule has 1 aliphatic heterocycles. The van der Waals surface area contributed by atoms with Crippen molar-refractivity contribution in [2.75, 3.05) is 7.11 Å². The van der Waals surface area contributed by atoms with Crippen LogP contribution in [0.5, 0.6) is 5.75 Å². The quantitative estimate of drug-likeness (QED) is 0.257. The van der Waals surface area contributed by atoms with Gasteiger partial charge in [-0.05, 0) is 55.5 Å². The zero-order valence-corrected chi connectivity index (χ0v) is 21.7. The van der Waals surface area contributed by atoms with E-state index in [9.17, 15) is 4.79 Å². The maximum atomic E-state index is 12.4. The predicted molar refractivity (Wildman–Crippen MR) is 145 cm³/mol. The van der Waals surface area contributed by atoms with Gasteiger partial charge in [-0.1, -0.05) is 49.8 Å². The predicted octanol–water partition coefficient (Wildman–Crippen LogP) is 6.25. The van der Waals surface area contributed by atoms with Crippen LogP contribution in [0.3, 0.4) is 0 Å². The van der Waals surface area contributed by atoms with Crippen molar-refractivity contribution >= 4 is 17.9 Å². The Kier molecular flexibility index (Phi) is 7.30. The number of aromatic nitrogens is 5. The number of Topliss-reactive ketones (excluding diaryl/α,β-unsaturated/α-hetero) is 1. The molecule has 1 atom stereocenters. The molecule has 0 aliphatic carbocycles. The fraction of sp³-hybridized carbons (Fsp3) is 0.333. The Morgan fingerprint density at radius 1 is 1.16 bits per heavy atom. The van der Waals surface area contributed by atoms with E-state index in [1.54, 1.807) is 13.4 Å². The number of hydrogen-bond donors (Lipinski definition) is 0. The van der Waals surface area contributed by atoms with Crippen LogP contribution >= 0.6 is 0 Å². The number of unbranched alkanes of at least 4 members (excludes halogenated alkanes) is 1. The van der Waals surface area contributed by atoms with Crippen LogP contribution in [-0.2, 0) is 6.54 Å². The summed E-state index contributed by atoms with van der Waals surface area (Å²) in [5.74, 6) is 2.85. The number of hydrogen-bond acceptors (Lipinski definition) is 5. The molecule has 190 valence electrons. The van der Waals surface area contributed by atoms with E-state index in [1.165, 1.54) is 5.56 Å². The number of aryl methyl sites for hydroxylation is 2. The highest BCUT2D eigenvalue weighted by Gasteiger charge is 2.25. The van der Waals surface area contributed by atoms with Gasteiger partial charge in [0.1, 0.15) is 11.6 Å². The molecule has 0 bridgehead atoms. The summed E-state index contributed by atoms with van der Waals surface area (Å²) in [6.07, 6.45) is 12.4. The minimum absolute atomic E-state index is 0.182. The van der Waals surface area contributed by atoms with Gasteiger partial charge in [0, 0.05) is 30.6 Å². The van der Waals surface area contributed by atoms with E-state index in [2.05, 4.69) is 24.0 Å². The van der Waals surface area contributed by atoms with E-state index in [4.69, 9.17) is 14.8 Å². The summed E-state index contributed by atoms with van der Waals surface area (Å²) in [5.41, 5.74) is 4.88. The molecule has 2 aromatic carbocycles. The summed E-state index contributed by atoms with van der Waals surface area (Å²) in [4.78, 5) is 21.6. The SMILES string of the molecule is CCCCC(=O)c1ccc([C@@H]2CCCn3nc(/C=C/c4ccc(-n5cnc(C)c5)c(OC)c4)nc32)cc1. The Balaban J connectivity index is 1.34. The average molecular weight is 496 g/mol. The molecule has 7 heteroatoms. The van der Waals surface area contributed by atoms with Gasteiger partial charge in [-0.25, -0.2) is 14.6 Å². The summed E-state index contributed by atoms with van der Waals surface area (Å²) in [7, 11) is 1.68. The first kappa shape index (κ1) is 24.7. The molecule has 0 radical (unpaired) electrons. The zero-order valence-electron chi connectivity index (χ0n) is 21.7. The first-order chi connectivity index (χ1) is 18.1. The van der Waals surface area contributed by atoms with E-state index in [0.717, 1.165) is 66.3 Å². The van der Waals surface area contributed by atoms with Gasteiger partial charge >= 0.3 is 0 Å². The van der Waals surface area contributed by atoms with Gasteiger partial charge in [0.05, 0.1) is 24.8 Å². The molecule has 0 saturated carbocycles. The molecule has 0 amide bonds. The lowest BCUT2D eigenvalue weighted by molar-refractivity contribution is 0.0979. The minimum atomic E-state index is 0.182. The van der Waals surface area contributed by atoms with Crippen LogP contribution in [0.2, 0.25) is 0 Å². The Labute approximate surface area is 217 Å². The molecule has 4 aromatic rings. The summed E-state index contributed by atoms with van der Waals surface area (Å²) in [5, 5.41) is 4.75. The lowest BCUT2D eigenvalue weighted by atomic mass is 9.90. The van der Waals surface area contributed by atoms with E-state index in [0.29, 0.717) is 12.2 Å². The number of rotatable bonds is 9. The van der Waals surface area contributed by atoms with E-state index < -0.39 is 0 Å². The molecule has 3 heterocycles. The summed E-state index contributed by atoms with van der Waals surface area (Å²) in [6, 6.07) is 14.2. The largest absolute Gasteiger partial charge is 0.495 e. The second-order valence-corrected chi connectivity index (χ2v) is 9.58.